The molecule has 0 saturated carbocycles. The van der Waals surface area contributed by atoms with Gasteiger partial charge in [-0.1, -0.05) is 11.3 Å². The lowest BCUT2D eigenvalue weighted by molar-refractivity contribution is -0.143. The van der Waals surface area contributed by atoms with Crippen molar-refractivity contribution in [1.82, 2.24) is 4.57 Å². The molecule has 144 valence electrons. The van der Waals surface area contributed by atoms with Crippen molar-refractivity contribution in [2.45, 2.75) is 19.9 Å². The summed E-state index contributed by atoms with van der Waals surface area (Å²) >= 11 is 0.993. The van der Waals surface area contributed by atoms with Crippen LogP contribution in [-0.2, 0) is 32.5 Å². The summed E-state index contributed by atoms with van der Waals surface area (Å²) in [5, 5.41) is 1.64. The molecule has 0 bridgehead atoms. The smallest absolute Gasteiger partial charge is 0.326 e. The average molecular weight is 410 g/mol. The van der Waals surface area contributed by atoms with Crippen molar-refractivity contribution in [2.75, 3.05) is 23.7 Å². The zero-order valence-corrected chi connectivity index (χ0v) is 16.4. The first-order valence-corrected chi connectivity index (χ1v) is 10.8. The van der Waals surface area contributed by atoms with Gasteiger partial charge in [-0.3, -0.25) is 23.3 Å². The Morgan fingerprint density at radius 1 is 1.30 bits per heavy atom. The van der Waals surface area contributed by atoms with E-state index in [9.17, 15) is 22.8 Å². The van der Waals surface area contributed by atoms with Crippen molar-refractivity contribution >= 4 is 38.8 Å². The number of sulfonamides is 1. The summed E-state index contributed by atoms with van der Waals surface area (Å²) in [5.74, 6) is -1.06. The first-order chi connectivity index (χ1) is 12.7. The van der Waals surface area contributed by atoms with E-state index in [4.69, 9.17) is 4.74 Å². The quantitative estimate of drug-likeness (QED) is 0.519. The Balaban J connectivity index is 1.64. The minimum atomic E-state index is -3.35. The summed E-state index contributed by atoms with van der Waals surface area (Å²) in [6.07, 6.45) is 1.66. The highest BCUT2D eigenvalue weighted by molar-refractivity contribution is 7.92. The molecule has 0 saturated heterocycles. The van der Waals surface area contributed by atoms with Gasteiger partial charge in [0.15, 0.2) is 12.4 Å². The summed E-state index contributed by atoms with van der Waals surface area (Å²) in [6.45, 7) is 1.37. The molecule has 0 unspecified atom stereocenters. The van der Waals surface area contributed by atoms with Gasteiger partial charge >= 0.3 is 10.8 Å². The largest absolute Gasteiger partial charge is 0.456 e. The molecule has 1 aromatic heterocycles. The lowest BCUT2D eigenvalue weighted by Gasteiger charge is -2.16. The Bertz CT molecular complexity index is 1070. The number of hydrogen-bond donors (Lipinski definition) is 0. The van der Waals surface area contributed by atoms with E-state index in [1.807, 2.05) is 0 Å². The van der Waals surface area contributed by atoms with Crippen molar-refractivity contribution in [1.29, 1.82) is 0 Å². The molecule has 1 aliphatic rings. The van der Waals surface area contributed by atoms with Gasteiger partial charge in [-0.05, 0) is 37.1 Å². The standard InChI is InChI=1S/C17H18N2O6S2/c1-11-10-26-17(22)18(11)8-16(21)25-9-15(20)13-3-4-14-12(7-13)5-6-19(14)27(2,23)24/h3-4,7,10H,5-6,8-9H2,1-2H3. The van der Waals surface area contributed by atoms with Crippen LogP contribution in [0, 0.1) is 6.92 Å². The van der Waals surface area contributed by atoms with Crippen LogP contribution in [0.3, 0.4) is 0 Å². The predicted molar refractivity (Wildman–Crippen MR) is 101 cm³/mol. The molecule has 3 rings (SSSR count). The van der Waals surface area contributed by atoms with Crippen molar-refractivity contribution in [3.05, 3.63) is 50.1 Å². The maximum Gasteiger partial charge on any atom is 0.326 e. The molecule has 0 atom stereocenters. The Morgan fingerprint density at radius 2 is 2.04 bits per heavy atom. The number of Topliss-reactive ketones (excluding diaryl/α,β-unsaturated/α-hetero) is 1. The van der Waals surface area contributed by atoms with Crippen molar-refractivity contribution in [3.63, 3.8) is 0 Å². The van der Waals surface area contributed by atoms with Crippen LogP contribution in [0.1, 0.15) is 21.6 Å². The maximum atomic E-state index is 12.3. The second-order valence-corrected chi connectivity index (χ2v) is 8.97. The highest BCUT2D eigenvalue weighted by atomic mass is 32.2. The topological polar surface area (TPSA) is 103 Å². The highest BCUT2D eigenvalue weighted by Gasteiger charge is 2.26. The van der Waals surface area contributed by atoms with E-state index in [1.54, 1.807) is 24.4 Å². The van der Waals surface area contributed by atoms with E-state index in [0.717, 1.165) is 23.2 Å². The zero-order valence-electron chi connectivity index (χ0n) is 14.8. The fourth-order valence-corrected chi connectivity index (χ4v) is 4.58. The van der Waals surface area contributed by atoms with E-state index in [1.165, 1.54) is 14.9 Å². The SMILES string of the molecule is Cc1csc(=O)n1CC(=O)OCC(=O)c1ccc2c(c1)CCN2S(C)(=O)=O. The molecule has 2 heterocycles. The van der Waals surface area contributed by atoms with E-state index < -0.39 is 28.4 Å². The van der Waals surface area contributed by atoms with Gasteiger partial charge in [0.2, 0.25) is 10.0 Å². The molecular formula is C17H18N2O6S2. The Hall–Kier alpha value is -2.46. The Labute approximate surface area is 160 Å². The predicted octanol–water partition coefficient (Wildman–Crippen LogP) is 0.966. The number of ketones is 1. The number of anilines is 1. The lowest BCUT2D eigenvalue weighted by Crippen LogP contribution is -2.27. The third-order valence-electron chi connectivity index (χ3n) is 4.28. The summed E-state index contributed by atoms with van der Waals surface area (Å²) in [4.78, 5) is 35.5. The molecular weight excluding hydrogens is 392 g/mol. The number of benzene rings is 1. The molecule has 0 amide bonds. The number of carbonyl (C=O) groups excluding carboxylic acids is 2. The fraction of sp³-hybridized carbons (Fsp3) is 0.353. The Kier molecular flexibility index (Phi) is 5.20. The van der Waals surface area contributed by atoms with E-state index in [0.29, 0.717) is 29.9 Å². The van der Waals surface area contributed by atoms with E-state index in [2.05, 4.69) is 0 Å². The minimum absolute atomic E-state index is 0.241. The highest BCUT2D eigenvalue weighted by Crippen LogP contribution is 2.30. The van der Waals surface area contributed by atoms with Gasteiger partial charge in [0.05, 0.1) is 11.9 Å². The number of thiazole rings is 1. The minimum Gasteiger partial charge on any atom is -0.456 e. The number of ether oxygens (including phenoxy) is 1. The van der Waals surface area contributed by atoms with Crippen molar-refractivity contribution in [3.8, 4) is 0 Å². The number of aryl methyl sites for hydroxylation is 1. The second kappa shape index (κ2) is 7.28. The summed E-state index contributed by atoms with van der Waals surface area (Å²) < 4.78 is 31.1. The van der Waals surface area contributed by atoms with Crippen LogP contribution in [0.2, 0.25) is 0 Å². The first-order valence-electron chi connectivity index (χ1n) is 8.11. The Morgan fingerprint density at radius 3 is 2.67 bits per heavy atom. The molecule has 0 N–H and O–H groups in total. The van der Waals surface area contributed by atoms with Gasteiger partial charge in [0, 0.05) is 23.2 Å². The first kappa shape index (κ1) is 19.3. The van der Waals surface area contributed by atoms with Gasteiger partial charge in [-0.15, -0.1) is 0 Å². The molecule has 8 nitrogen and oxygen atoms in total. The van der Waals surface area contributed by atoms with Crippen molar-refractivity contribution < 1.29 is 22.7 Å². The molecule has 0 radical (unpaired) electrons. The fourth-order valence-electron chi connectivity index (χ4n) is 2.89. The average Bonchev–Trinajstić information content (AvgIpc) is 3.17. The van der Waals surface area contributed by atoms with Crippen LogP contribution in [0.25, 0.3) is 0 Å². The normalized spacial score (nSPS) is 13.5. The summed E-state index contributed by atoms with van der Waals surface area (Å²) in [5.41, 5.74) is 2.33. The van der Waals surface area contributed by atoms with Gasteiger partial charge in [0.1, 0.15) is 6.54 Å². The van der Waals surface area contributed by atoms with Crippen LogP contribution < -0.4 is 9.18 Å². The van der Waals surface area contributed by atoms with Gasteiger partial charge in [-0.25, -0.2) is 8.42 Å². The van der Waals surface area contributed by atoms with Crippen LogP contribution in [0.4, 0.5) is 5.69 Å². The zero-order chi connectivity index (χ0) is 19.8. The van der Waals surface area contributed by atoms with Gasteiger partial charge < -0.3 is 4.74 Å². The van der Waals surface area contributed by atoms with Crippen LogP contribution in [-0.4, -0.2) is 44.1 Å². The van der Waals surface area contributed by atoms with E-state index in [-0.39, 0.29) is 11.4 Å². The van der Waals surface area contributed by atoms with E-state index >= 15 is 0 Å². The molecule has 27 heavy (non-hydrogen) atoms. The molecule has 0 aliphatic carbocycles. The molecule has 1 aliphatic heterocycles. The maximum absolute atomic E-state index is 12.3. The third kappa shape index (κ3) is 4.11. The number of esters is 1. The molecule has 0 spiro atoms. The second-order valence-electron chi connectivity index (χ2n) is 6.24. The van der Waals surface area contributed by atoms with Crippen molar-refractivity contribution in [2.24, 2.45) is 0 Å². The number of carbonyl (C=O) groups is 2. The summed E-state index contributed by atoms with van der Waals surface area (Å²) in [7, 11) is -3.35. The number of rotatable bonds is 6. The van der Waals surface area contributed by atoms with Gasteiger partial charge in [0.25, 0.3) is 0 Å². The lowest BCUT2D eigenvalue weighted by atomic mass is 10.1. The molecule has 10 heteroatoms. The number of hydrogen-bond acceptors (Lipinski definition) is 7. The number of aromatic nitrogens is 1. The third-order valence-corrected chi connectivity index (χ3v) is 6.34. The molecule has 1 aromatic carbocycles. The van der Waals surface area contributed by atoms with Crippen LogP contribution in [0.5, 0.6) is 0 Å². The van der Waals surface area contributed by atoms with Gasteiger partial charge in [-0.2, -0.15) is 0 Å². The van der Waals surface area contributed by atoms with Crippen LogP contribution in [0.15, 0.2) is 28.4 Å². The number of nitrogens with zero attached hydrogens (tertiary/aromatic N) is 2. The monoisotopic (exact) mass is 410 g/mol. The summed E-state index contributed by atoms with van der Waals surface area (Å²) in [6, 6.07) is 4.74. The number of fused-ring (bicyclic) bond motifs is 1. The molecule has 2 aromatic rings. The molecule has 0 fully saturated rings. The van der Waals surface area contributed by atoms with Crippen LogP contribution >= 0.6 is 11.3 Å².